The maximum Gasteiger partial charge on any atom is 0.295 e. The second-order valence-electron chi connectivity index (χ2n) is 7.55. The molecule has 1 aromatic heterocycles. The van der Waals surface area contributed by atoms with Crippen LogP contribution in [0.15, 0.2) is 45.7 Å². The van der Waals surface area contributed by atoms with E-state index in [4.69, 9.17) is 9.15 Å². The summed E-state index contributed by atoms with van der Waals surface area (Å²) >= 11 is 0. The summed E-state index contributed by atoms with van der Waals surface area (Å²) < 4.78 is 42.9. The van der Waals surface area contributed by atoms with Gasteiger partial charge < -0.3 is 19.6 Å². The first-order chi connectivity index (χ1) is 14.8. The molecule has 1 fully saturated rings. The van der Waals surface area contributed by atoms with Crippen LogP contribution in [0.4, 0.5) is 6.01 Å². The van der Waals surface area contributed by atoms with Crippen LogP contribution in [0.25, 0.3) is 11.1 Å². The molecule has 3 N–H and O–H groups in total. The molecule has 1 aliphatic heterocycles. The average Bonchev–Trinajstić information content (AvgIpc) is 3.13. The lowest BCUT2D eigenvalue weighted by atomic mass is 10.0. The van der Waals surface area contributed by atoms with Gasteiger partial charge in [0.1, 0.15) is 5.52 Å². The van der Waals surface area contributed by atoms with Crippen molar-refractivity contribution in [2.45, 2.75) is 37.2 Å². The van der Waals surface area contributed by atoms with Gasteiger partial charge in [-0.3, -0.25) is 9.45 Å². The van der Waals surface area contributed by atoms with Gasteiger partial charge in [0.25, 0.3) is 16.1 Å². The van der Waals surface area contributed by atoms with Crippen molar-refractivity contribution >= 4 is 27.2 Å². The van der Waals surface area contributed by atoms with Crippen LogP contribution in [-0.2, 0) is 16.7 Å². The maximum atomic E-state index is 11.3. The number of likely N-dealkylation sites (tertiary alicyclic amines) is 1. The van der Waals surface area contributed by atoms with Crippen molar-refractivity contribution in [1.82, 2.24) is 9.88 Å². The Morgan fingerprint density at radius 2 is 2.00 bits per heavy atom. The van der Waals surface area contributed by atoms with Gasteiger partial charge in [0.2, 0.25) is 0 Å². The lowest BCUT2D eigenvalue weighted by Crippen LogP contribution is -2.38. The number of hydrogen-bond donors (Lipinski definition) is 3. The van der Waals surface area contributed by atoms with E-state index in [-0.39, 0.29) is 16.7 Å². The first-order valence-corrected chi connectivity index (χ1v) is 11.6. The predicted octanol–water partition coefficient (Wildman–Crippen LogP) is 3.26. The highest BCUT2D eigenvalue weighted by Crippen LogP contribution is 2.28. The Balaban J connectivity index is 1.34. The Morgan fingerprint density at radius 3 is 2.71 bits per heavy atom. The second kappa shape index (κ2) is 8.74. The molecule has 1 saturated heterocycles. The molecule has 0 bridgehead atoms. The molecule has 0 saturated carbocycles. The van der Waals surface area contributed by atoms with E-state index < -0.39 is 10.1 Å². The fourth-order valence-corrected chi connectivity index (χ4v) is 4.23. The normalized spacial score (nSPS) is 15.9. The minimum atomic E-state index is -4.28. The minimum absolute atomic E-state index is 0.149. The maximum absolute atomic E-state index is 11.3. The van der Waals surface area contributed by atoms with Gasteiger partial charge in [-0.15, -0.1) is 0 Å². The largest absolute Gasteiger partial charge is 0.504 e. The Hall–Kier alpha value is -2.82. The molecule has 2 aromatic carbocycles. The number of aromatic hydroxyl groups is 1. The van der Waals surface area contributed by atoms with E-state index in [0.29, 0.717) is 29.5 Å². The van der Waals surface area contributed by atoms with Crippen molar-refractivity contribution in [1.29, 1.82) is 0 Å². The summed E-state index contributed by atoms with van der Waals surface area (Å²) in [5, 5.41) is 13.1. The Labute approximate surface area is 180 Å². The standard InChI is InChI=1S/C21H25N3O6S/c1-2-29-20-11-14(3-5-18(20)25)13-24-9-7-15(8-10-24)22-21-23-17-12-16(31(26,27)28)4-6-19(17)30-21/h3-6,11-12,15,25H,2,7-10,13H2,1H3,(H,22,23)(H,26,27,28). The van der Waals surface area contributed by atoms with Crippen LogP contribution in [0.2, 0.25) is 0 Å². The van der Waals surface area contributed by atoms with Gasteiger partial charge in [-0.2, -0.15) is 13.4 Å². The van der Waals surface area contributed by atoms with Gasteiger partial charge in [-0.1, -0.05) is 6.07 Å². The zero-order valence-electron chi connectivity index (χ0n) is 17.1. The van der Waals surface area contributed by atoms with Gasteiger partial charge in [0, 0.05) is 25.7 Å². The van der Waals surface area contributed by atoms with E-state index >= 15 is 0 Å². The summed E-state index contributed by atoms with van der Waals surface area (Å²) in [6.45, 7) is 4.93. The first-order valence-electron chi connectivity index (χ1n) is 10.1. The number of oxazole rings is 1. The summed E-state index contributed by atoms with van der Waals surface area (Å²) in [5.41, 5.74) is 1.90. The van der Waals surface area contributed by atoms with Gasteiger partial charge in [0.15, 0.2) is 17.1 Å². The number of phenols is 1. The van der Waals surface area contributed by atoms with Crippen LogP contribution >= 0.6 is 0 Å². The van der Waals surface area contributed by atoms with E-state index in [1.54, 1.807) is 6.07 Å². The molecule has 0 amide bonds. The van der Waals surface area contributed by atoms with E-state index in [0.717, 1.165) is 38.0 Å². The molecule has 10 heteroatoms. The molecule has 3 aromatic rings. The number of phenolic OH excluding ortho intramolecular Hbond substituents is 1. The Morgan fingerprint density at radius 1 is 1.23 bits per heavy atom. The third-order valence-electron chi connectivity index (χ3n) is 5.30. The number of fused-ring (bicyclic) bond motifs is 1. The molecule has 166 valence electrons. The quantitative estimate of drug-likeness (QED) is 0.468. The molecular formula is C21H25N3O6S. The summed E-state index contributed by atoms with van der Waals surface area (Å²) in [4.78, 5) is 6.42. The Kier molecular flexibility index (Phi) is 6.03. The van der Waals surface area contributed by atoms with E-state index in [9.17, 15) is 18.1 Å². The van der Waals surface area contributed by atoms with Crippen molar-refractivity contribution in [2.24, 2.45) is 0 Å². The van der Waals surface area contributed by atoms with Crippen molar-refractivity contribution in [3.8, 4) is 11.5 Å². The molecular weight excluding hydrogens is 422 g/mol. The van der Waals surface area contributed by atoms with Crippen molar-refractivity contribution in [2.75, 3.05) is 25.0 Å². The predicted molar refractivity (Wildman–Crippen MR) is 115 cm³/mol. The lowest BCUT2D eigenvalue weighted by molar-refractivity contribution is 0.210. The van der Waals surface area contributed by atoms with Crippen molar-refractivity contribution in [3.05, 3.63) is 42.0 Å². The van der Waals surface area contributed by atoms with E-state index in [1.165, 1.54) is 18.2 Å². The molecule has 4 rings (SSSR count). The summed E-state index contributed by atoms with van der Waals surface area (Å²) in [6.07, 6.45) is 1.79. The molecule has 9 nitrogen and oxygen atoms in total. The smallest absolute Gasteiger partial charge is 0.295 e. The van der Waals surface area contributed by atoms with E-state index in [2.05, 4.69) is 15.2 Å². The third kappa shape index (κ3) is 5.09. The number of nitrogens with one attached hydrogen (secondary N) is 1. The number of ether oxygens (including phenoxy) is 1. The van der Waals surface area contributed by atoms with Crippen LogP contribution in [-0.4, -0.2) is 53.7 Å². The monoisotopic (exact) mass is 447 g/mol. The van der Waals surface area contributed by atoms with Gasteiger partial charge >= 0.3 is 0 Å². The molecule has 0 atom stereocenters. The molecule has 1 aliphatic rings. The molecule has 2 heterocycles. The van der Waals surface area contributed by atoms with Crippen LogP contribution < -0.4 is 10.1 Å². The number of aromatic nitrogens is 1. The lowest BCUT2D eigenvalue weighted by Gasteiger charge is -2.32. The minimum Gasteiger partial charge on any atom is -0.504 e. The molecule has 0 radical (unpaired) electrons. The fourth-order valence-electron chi connectivity index (χ4n) is 3.73. The highest BCUT2D eigenvalue weighted by molar-refractivity contribution is 7.85. The van der Waals surface area contributed by atoms with Gasteiger partial charge in [0.05, 0.1) is 11.5 Å². The molecule has 0 unspecified atom stereocenters. The fraction of sp³-hybridized carbons (Fsp3) is 0.381. The van der Waals surface area contributed by atoms with Gasteiger partial charge in [-0.25, -0.2) is 0 Å². The average molecular weight is 448 g/mol. The highest BCUT2D eigenvalue weighted by Gasteiger charge is 2.21. The second-order valence-corrected chi connectivity index (χ2v) is 8.98. The first kappa shape index (κ1) is 21.4. The molecule has 0 spiro atoms. The topological polar surface area (TPSA) is 125 Å². The number of hydrogen-bond acceptors (Lipinski definition) is 8. The number of benzene rings is 2. The van der Waals surface area contributed by atoms with Crippen LogP contribution in [0.1, 0.15) is 25.3 Å². The summed E-state index contributed by atoms with van der Waals surface area (Å²) in [7, 11) is -4.28. The van der Waals surface area contributed by atoms with Crippen LogP contribution in [0, 0.1) is 0 Å². The van der Waals surface area contributed by atoms with E-state index in [1.807, 2.05) is 19.1 Å². The highest BCUT2D eigenvalue weighted by atomic mass is 32.2. The summed E-state index contributed by atoms with van der Waals surface area (Å²) in [5.74, 6) is 0.653. The Bertz CT molecular complexity index is 1170. The zero-order valence-corrected chi connectivity index (χ0v) is 17.9. The number of anilines is 1. The zero-order chi connectivity index (χ0) is 22.0. The number of rotatable bonds is 7. The van der Waals surface area contributed by atoms with Crippen LogP contribution in [0.3, 0.4) is 0 Å². The van der Waals surface area contributed by atoms with Crippen molar-refractivity contribution in [3.63, 3.8) is 0 Å². The van der Waals surface area contributed by atoms with Crippen molar-refractivity contribution < 1.29 is 27.2 Å². The third-order valence-corrected chi connectivity index (χ3v) is 6.15. The summed E-state index contributed by atoms with van der Waals surface area (Å²) in [6, 6.07) is 10.0. The molecule has 31 heavy (non-hydrogen) atoms. The molecule has 0 aliphatic carbocycles. The number of piperidine rings is 1. The van der Waals surface area contributed by atoms with Gasteiger partial charge in [-0.05, 0) is 55.7 Å². The van der Waals surface area contributed by atoms with Crippen LogP contribution in [0.5, 0.6) is 11.5 Å². The SMILES string of the molecule is CCOc1cc(CN2CCC(Nc3nc4cc(S(=O)(=O)O)ccc4o3)CC2)ccc1O. The number of nitrogens with zero attached hydrogens (tertiary/aromatic N) is 2.